The number of nitrogens with one attached hydrogen (secondary N) is 1. The molecule has 1 aliphatic heterocycles. The van der Waals surface area contributed by atoms with Crippen molar-refractivity contribution in [2.24, 2.45) is 0 Å². The zero-order valence-electron chi connectivity index (χ0n) is 11.9. The Morgan fingerprint density at radius 3 is 2.89 bits per heavy atom. The van der Waals surface area contributed by atoms with E-state index in [2.05, 4.69) is 27.7 Å². The third kappa shape index (κ3) is 3.59. The predicted molar refractivity (Wildman–Crippen MR) is 82.9 cm³/mol. The summed E-state index contributed by atoms with van der Waals surface area (Å²) in [5.74, 6) is 0. The second-order valence-corrected chi connectivity index (χ2v) is 7.26. The monoisotopic (exact) mass is 278 g/mol. The first kappa shape index (κ1) is 13.6. The van der Waals surface area contributed by atoms with E-state index < -0.39 is 0 Å². The fraction of sp³-hybridized carbons (Fsp3) is 0.750. The van der Waals surface area contributed by atoms with Crippen molar-refractivity contribution in [1.29, 1.82) is 0 Å². The number of rotatable bonds is 3. The lowest BCUT2D eigenvalue weighted by molar-refractivity contribution is 0.165. The number of thiophene rings is 1. The minimum Gasteiger partial charge on any atom is -0.310 e. The molecule has 1 aliphatic carbocycles. The van der Waals surface area contributed by atoms with Gasteiger partial charge < -0.3 is 10.2 Å². The van der Waals surface area contributed by atoms with Crippen LogP contribution in [0.15, 0.2) is 17.5 Å². The molecular formula is C16H26N2S. The normalized spacial score (nSPS) is 24.4. The molecule has 1 saturated carbocycles. The van der Waals surface area contributed by atoms with Gasteiger partial charge in [-0.25, -0.2) is 0 Å². The summed E-state index contributed by atoms with van der Waals surface area (Å²) in [5, 5.41) is 6.08. The molecule has 2 fully saturated rings. The minimum absolute atomic E-state index is 0.449. The average molecular weight is 278 g/mol. The Bertz CT molecular complexity index is 368. The van der Waals surface area contributed by atoms with Gasteiger partial charge in [-0.05, 0) is 50.2 Å². The molecule has 0 atom stereocenters. The maximum atomic E-state index is 3.88. The van der Waals surface area contributed by atoms with Crippen molar-refractivity contribution in [3.63, 3.8) is 0 Å². The summed E-state index contributed by atoms with van der Waals surface area (Å²) in [6, 6.07) is 4.45. The Labute approximate surface area is 121 Å². The largest absolute Gasteiger partial charge is 0.310 e. The van der Waals surface area contributed by atoms with E-state index in [0.29, 0.717) is 5.54 Å². The maximum Gasteiger partial charge on any atom is 0.0308 e. The Morgan fingerprint density at radius 2 is 2.11 bits per heavy atom. The standard InChI is InChI=1S/C16H26N2S/c1-2-8-16(9-3-1)14-18(11-5-10-17-16)12-7-15-6-4-13-19-15/h4,6,13,17H,1-3,5,7-12,14H2. The van der Waals surface area contributed by atoms with Gasteiger partial charge in [-0.15, -0.1) is 11.3 Å². The van der Waals surface area contributed by atoms with Crippen LogP contribution in [-0.2, 0) is 6.42 Å². The smallest absolute Gasteiger partial charge is 0.0308 e. The third-order valence-electron chi connectivity index (χ3n) is 4.74. The summed E-state index contributed by atoms with van der Waals surface area (Å²) < 4.78 is 0. The molecule has 1 N–H and O–H groups in total. The Hall–Kier alpha value is -0.380. The van der Waals surface area contributed by atoms with Crippen LogP contribution in [0.5, 0.6) is 0 Å². The van der Waals surface area contributed by atoms with Gasteiger partial charge in [-0.3, -0.25) is 0 Å². The first-order chi connectivity index (χ1) is 9.36. The van der Waals surface area contributed by atoms with Crippen LogP contribution in [0.25, 0.3) is 0 Å². The Kier molecular flexibility index (Phi) is 4.57. The van der Waals surface area contributed by atoms with Crippen molar-refractivity contribution in [3.05, 3.63) is 22.4 Å². The number of hydrogen-bond donors (Lipinski definition) is 1. The molecule has 3 rings (SSSR count). The molecule has 19 heavy (non-hydrogen) atoms. The van der Waals surface area contributed by atoms with Crippen LogP contribution < -0.4 is 5.32 Å². The van der Waals surface area contributed by atoms with Crippen molar-refractivity contribution in [3.8, 4) is 0 Å². The molecule has 0 amide bonds. The molecule has 1 aromatic rings. The van der Waals surface area contributed by atoms with Crippen LogP contribution in [0.2, 0.25) is 0 Å². The van der Waals surface area contributed by atoms with Gasteiger partial charge in [0.15, 0.2) is 0 Å². The van der Waals surface area contributed by atoms with Crippen LogP contribution in [-0.4, -0.2) is 36.6 Å². The van der Waals surface area contributed by atoms with E-state index in [4.69, 9.17) is 0 Å². The maximum absolute atomic E-state index is 3.88. The molecule has 1 aromatic heterocycles. The van der Waals surface area contributed by atoms with E-state index in [1.165, 1.54) is 76.0 Å². The summed E-state index contributed by atoms with van der Waals surface area (Å²) in [7, 11) is 0. The van der Waals surface area contributed by atoms with Crippen LogP contribution >= 0.6 is 11.3 Å². The van der Waals surface area contributed by atoms with Gasteiger partial charge in [0.2, 0.25) is 0 Å². The molecule has 2 nitrogen and oxygen atoms in total. The lowest BCUT2D eigenvalue weighted by atomic mass is 9.81. The molecule has 2 heterocycles. The van der Waals surface area contributed by atoms with Gasteiger partial charge in [-0.2, -0.15) is 0 Å². The molecule has 0 radical (unpaired) electrons. The lowest BCUT2D eigenvalue weighted by Crippen LogP contribution is -2.52. The molecule has 2 aliphatic rings. The second-order valence-electron chi connectivity index (χ2n) is 6.23. The first-order valence-corrected chi connectivity index (χ1v) is 8.74. The van der Waals surface area contributed by atoms with E-state index in [1.807, 2.05) is 11.3 Å². The van der Waals surface area contributed by atoms with Gasteiger partial charge >= 0.3 is 0 Å². The van der Waals surface area contributed by atoms with Crippen molar-refractivity contribution in [2.75, 3.05) is 26.2 Å². The van der Waals surface area contributed by atoms with E-state index in [-0.39, 0.29) is 0 Å². The topological polar surface area (TPSA) is 15.3 Å². The summed E-state index contributed by atoms with van der Waals surface area (Å²) in [6.45, 7) is 5.01. The van der Waals surface area contributed by atoms with Crippen molar-refractivity contribution in [2.45, 2.75) is 50.5 Å². The first-order valence-electron chi connectivity index (χ1n) is 7.86. The summed E-state index contributed by atoms with van der Waals surface area (Å²) >= 11 is 1.90. The van der Waals surface area contributed by atoms with Gasteiger partial charge in [0, 0.05) is 23.5 Å². The minimum atomic E-state index is 0.449. The average Bonchev–Trinajstić information content (AvgIpc) is 2.88. The summed E-state index contributed by atoms with van der Waals surface area (Å²) in [6.07, 6.45) is 9.61. The SMILES string of the molecule is c1csc(CCN2CCCNC3(CCCCC3)C2)c1. The Balaban J connectivity index is 1.57. The molecule has 1 saturated heterocycles. The molecule has 0 aromatic carbocycles. The predicted octanol–water partition coefficient (Wildman–Crippen LogP) is 3.29. The van der Waals surface area contributed by atoms with Gasteiger partial charge in [0.1, 0.15) is 0 Å². The van der Waals surface area contributed by atoms with Gasteiger partial charge in [0.25, 0.3) is 0 Å². The van der Waals surface area contributed by atoms with Crippen LogP contribution in [0, 0.1) is 0 Å². The van der Waals surface area contributed by atoms with E-state index in [9.17, 15) is 0 Å². The van der Waals surface area contributed by atoms with Crippen molar-refractivity contribution < 1.29 is 0 Å². The van der Waals surface area contributed by atoms with E-state index in [1.54, 1.807) is 0 Å². The van der Waals surface area contributed by atoms with Crippen LogP contribution in [0.4, 0.5) is 0 Å². The zero-order chi connectivity index (χ0) is 13.0. The van der Waals surface area contributed by atoms with Crippen LogP contribution in [0.3, 0.4) is 0 Å². The zero-order valence-corrected chi connectivity index (χ0v) is 12.7. The highest BCUT2D eigenvalue weighted by Gasteiger charge is 2.34. The second kappa shape index (κ2) is 6.38. The Morgan fingerprint density at radius 1 is 1.21 bits per heavy atom. The van der Waals surface area contributed by atoms with Gasteiger partial charge in [-0.1, -0.05) is 25.3 Å². The fourth-order valence-corrected chi connectivity index (χ4v) is 4.39. The number of nitrogens with zero attached hydrogens (tertiary/aromatic N) is 1. The highest BCUT2D eigenvalue weighted by molar-refractivity contribution is 7.09. The highest BCUT2D eigenvalue weighted by atomic mass is 32.1. The van der Waals surface area contributed by atoms with Crippen molar-refractivity contribution >= 4 is 11.3 Å². The molecule has 106 valence electrons. The van der Waals surface area contributed by atoms with Crippen LogP contribution in [0.1, 0.15) is 43.4 Å². The fourth-order valence-electron chi connectivity index (χ4n) is 3.70. The third-order valence-corrected chi connectivity index (χ3v) is 5.68. The number of hydrogen-bond acceptors (Lipinski definition) is 3. The van der Waals surface area contributed by atoms with E-state index in [0.717, 1.165) is 0 Å². The molecule has 0 unspecified atom stereocenters. The highest BCUT2D eigenvalue weighted by Crippen LogP contribution is 2.30. The summed E-state index contributed by atoms with van der Waals surface area (Å²) in [5.41, 5.74) is 0.449. The quantitative estimate of drug-likeness (QED) is 0.913. The molecular weight excluding hydrogens is 252 g/mol. The lowest BCUT2D eigenvalue weighted by Gasteiger charge is -2.40. The van der Waals surface area contributed by atoms with Gasteiger partial charge in [0.05, 0.1) is 0 Å². The molecule has 0 bridgehead atoms. The van der Waals surface area contributed by atoms with Crippen molar-refractivity contribution in [1.82, 2.24) is 10.2 Å². The summed E-state index contributed by atoms with van der Waals surface area (Å²) in [4.78, 5) is 4.25. The van der Waals surface area contributed by atoms with E-state index >= 15 is 0 Å². The molecule has 3 heteroatoms. The molecule has 1 spiro atoms.